The van der Waals surface area contributed by atoms with Gasteiger partial charge in [-0.2, -0.15) is 0 Å². The third-order valence-electron chi connectivity index (χ3n) is 8.38. The fourth-order valence-corrected chi connectivity index (χ4v) is 5.78. The minimum Gasteiger partial charge on any atom is -0.449 e. The number of piperidine rings is 1. The lowest BCUT2D eigenvalue weighted by Crippen LogP contribution is -2.47. The molecule has 2 rings (SSSR count). The van der Waals surface area contributed by atoms with Crippen molar-refractivity contribution < 1.29 is 14.3 Å². The molecule has 2 amide bonds. The fraction of sp³-hybridized carbons (Fsp3) is 0.935. The van der Waals surface area contributed by atoms with Crippen LogP contribution >= 0.6 is 0 Å². The summed E-state index contributed by atoms with van der Waals surface area (Å²) in [7, 11) is 2.08. The van der Waals surface area contributed by atoms with Gasteiger partial charge >= 0.3 is 6.09 Å². The SMILES string of the molecule is CCCCCCCCCCCCCCCCCC(=O)N1CCCCC1CCOC(=O)N1CCN(C)CC1. The molecule has 2 aliphatic heterocycles. The predicted octanol–water partition coefficient (Wildman–Crippen LogP) is 7.40. The van der Waals surface area contributed by atoms with Gasteiger partial charge in [-0.15, -0.1) is 0 Å². The van der Waals surface area contributed by atoms with Crippen LogP contribution in [0.3, 0.4) is 0 Å². The van der Waals surface area contributed by atoms with Crippen LogP contribution in [0.1, 0.15) is 135 Å². The number of piperazine rings is 1. The van der Waals surface area contributed by atoms with Gasteiger partial charge < -0.3 is 19.4 Å². The molecule has 37 heavy (non-hydrogen) atoms. The van der Waals surface area contributed by atoms with Crippen molar-refractivity contribution in [2.24, 2.45) is 0 Å². The summed E-state index contributed by atoms with van der Waals surface area (Å²) in [5.74, 6) is 0.310. The molecule has 0 radical (unpaired) electrons. The van der Waals surface area contributed by atoms with Crippen molar-refractivity contribution >= 4 is 12.0 Å². The minimum atomic E-state index is -0.195. The molecule has 2 aliphatic rings. The van der Waals surface area contributed by atoms with Crippen LogP contribution in [0.2, 0.25) is 0 Å². The van der Waals surface area contributed by atoms with Crippen molar-refractivity contribution in [1.29, 1.82) is 0 Å². The first-order valence-corrected chi connectivity index (χ1v) is 16.0. The van der Waals surface area contributed by atoms with Crippen molar-refractivity contribution in [2.45, 2.75) is 141 Å². The molecule has 6 nitrogen and oxygen atoms in total. The van der Waals surface area contributed by atoms with Gasteiger partial charge in [-0.05, 0) is 32.7 Å². The van der Waals surface area contributed by atoms with E-state index in [1.165, 1.54) is 96.3 Å². The number of unbranched alkanes of at least 4 members (excludes halogenated alkanes) is 14. The van der Waals surface area contributed by atoms with E-state index >= 15 is 0 Å². The lowest BCUT2D eigenvalue weighted by Gasteiger charge is -2.36. The van der Waals surface area contributed by atoms with E-state index in [1.807, 2.05) is 0 Å². The van der Waals surface area contributed by atoms with Gasteiger partial charge in [0, 0.05) is 51.6 Å². The number of hydrogen-bond acceptors (Lipinski definition) is 4. The highest BCUT2D eigenvalue weighted by atomic mass is 16.6. The Morgan fingerprint density at radius 1 is 0.703 bits per heavy atom. The van der Waals surface area contributed by atoms with Gasteiger partial charge in [0.25, 0.3) is 0 Å². The molecule has 0 aromatic heterocycles. The fourth-order valence-electron chi connectivity index (χ4n) is 5.78. The molecule has 1 atom stereocenters. The van der Waals surface area contributed by atoms with Crippen LogP contribution in [-0.2, 0) is 9.53 Å². The third-order valence-corrected chi connectivity index (χ3v) is 8.38. The maximum Gasteiger partial charge on any atom is 0.409 e. The molecular weight excluding hydrogens is 462 g/mol. The maximum absolute atomic E-state index is 12.9. The van der Waals surface area contributed by atoms with Crippen LogP contribution in [0.4, 0.5) is 4.79 Å². The van der Waals surface area contributed by atoms with Crippen LogP contribution in [0, 0.1) is 0 Å². The molecule has 0 saturated carbocycles. The highest BCUT2D eigenvalue weighted by molar-refractivity contribution is 5.76. The Labute approximate surface area is 228 Å². The van der Waals surface area contributed by atoms with E-state index in [-0.39, 0.29) is 12.1 Å². The number of rotatable bonds is 19. The zero-order valence-electron chi connectivity index (χ0n) is 24.5. The quantitative estimate of drug-likeness (QED) is 0.166. The lowest BCUT2D eigenvalue weighted by atomic mass is 9.98. The van der Waals surface area contributed by atoms with Gasteiger partial charge in [0.2, 0.25) is 5.91 Å². The molecule has 1 unspecified atom stereocenters. The number of nitrogens with zero attached hydrogens (tertiary/aromatic N) is 3. The second-order valence-corrected chi connectivity index (χ2v) is 11.6. The zero-order chi connectivity index (χ0) is 26.6. The van der Waals surface area contributed by atoms with Gasteiger partial charge in [-0.3, -0.25) is 4.79 Å². The van der Waals surface area contributed by atoms with Crippen molar-refractivity contribution in [1.82, 2.24) is 14.7 Å². The summed E-state index contributed by atoms with van der Waals surface area (Å²) >= 11 is 0. The molecule has 0 spiro atoms. The first-order chi connectivity index (χ1) is 18.1. The van der Waals surface area contributed by atoms with E-state index in [4.69, 9.17) is 4.74 Å². The van der Waals surface area contributed by atoms with Crippen molar-refractivity contribution in [3.05, 3.63) is 0 Å². The van der Waals surface area contributed by atoms with Gasteiger partial charge in [0.15, 0.2) is 0 Å². The normalized spacial score (nSPS) is 18.8. The molecule has 0 bridgehead atoms. The zero-order valence-corrected chi connectivity index (χ0v) is 24.5. The molecule has 0 aromatic carbocycles. The highest BCUT2D eigenvalue weighted by Gasteiger charge is 2.27. The third kappa shape index (κ3) is 14.4. The Morgan fingerprint density at radius 2 is 1.24 bits per heavy atom. The molecule has 0 aliphatic carbocycles. The number of ether oxygens (including phenoxy) is 1. The molecule has 6 heteroatoms. The minimum absolute atomic E-state index is 0.195. The van der Waals surface area contributed by atoms with Gasteiger partial charge in [0.1, 0.15) is 0 Å². The van der Waals surface area contributed by atoms with Crippen molar-refractivity contribution in [3.8, 4) is 0 Å². The molecule has 216 valence electrons. The maximum atomic E-state index is 12.9. The molecule has 0 N–H and O–H groups in total. The summed E-state index contributed by atoms with van der Waals surface area (Å²) < 4.78 is 5.57. The van der Waals surface area contributed by atoms with Crippen LogP contribution in [0.25, 0.3) is 0 Å². The van der Waals surface area contributed by atoms with Gasteiger partial charge in [-0.1, -0.05) is 96.8 Å². The second kappa shape index (κ2) is 20.6. The number of hydrogen-bond donors (Lipinski definition) is 0. The summed E-state index contributed by atoms with van der Waals surface area (Å²) in [6.45, 7) is 6.85. The molecule has 0 aromatic rings. The predicted molar refractivity (Wildman–Crippen MR) is 154 cm³/mol. The standard InChI is InChI=1S/C31H59N3O3/c1-3-4-5-6-7-8-9-10-11-12-13-14-15-16-17-21-30(35)34-23-19-18-20-29(34)22-28-37-31(36)33-26-24-32(2)25-27-33/h29H,3-28H2,1-2H3. The number of amides is 2. The number of likely N-dealkylation sites (N-methyl/N-ethyl adjacent to an activating group) is 1. The molecule has 2 saturated heterocycles. The van der Waals surface area contributed by atoms with Crippen molar-refractivity contribution in [3.63, 3.8) is 0 Å². The number of carbonyl (C=O) groups is 2. The van der Waals surface area contributed by atoms with Gasteiger partial charge in [0.05, 0.1) is 6.61 Å². The first kappa shape index (κ1) is 31.9. The van der Waals surface area contributed by atoms with E-state index in [2.05, 4.69) is 23.8 Å². The van der Waals surface area contributed by atoms with Crippen LogP contribution < -0.4 is 0 Å². The van der Waals surface area contributed by atoms with Gasteiger partial charge in [-0.25, -0.2) is 4.79 Å². The summed E-state index contributed by atoms with van der Waals surface area (Å²) in [5.41, 5.74) is 0. The van der Waals surface area contributed by atoms with E-state index in [1.54, 1.807) is 4.90 Å². The average Bonchev–Trinajstić information content (AvgIpc) is 2.91. The monoisotopic (exact) mass is 521 g/mol. The van der Waals surface area contributed by atoms with E-state index in [0.29, 0.717) is 18.9 Å². The van der Waals surface area contributed by atoms with Crippen molar-refractivity contribution in [2.75, 3.05) is 46.4 Å². The molecule has 2 heterocycles. The molecule has 2 fully saturated rings. The average molecular weight is 522 g/mol. The topological polar surface area (TPSA) is 53.1 Å². The summed E-state index contributed by atoms with van der Waals surface area (Å²) in [6.07, 6.45) is 24.7. The Bertz CT molecular complexity index is 592. The number of likely N-dealkylation sites (tertiary alicyclic amines) is 1. The largest absolute Gasteiger partial charge is 0.449 e. The lowest BCUT2D eigenvalue weighted by molar-refractivity contribution is -0.135. The van der Waals surface area contributed by atoms with E-state index in [9.17, 15) is 9.59 Å². The smallest absolute Gasteiger partial charge is 0.409 e. The Morgan fingerprint density at radius 3 is 1.81 bits per heavy atom. The second-order valence-electron chi connectivity index (χ2n) is 11.6. The Hall–Kier alpha value is -1.30. The summed E-state index contributed by atoms with van der Waals surface area (Å²) in [6, 6.07) is 0.234. The van der Waals surface area contributed by atoms with Crippen LogP contribution in [0.15, 0.2) is 0 Å². The highest BCUT2D eigenvalue weighted by Crippen LogP contribution is 2.22. The Balaban J connectivity index is 1.45. The molecular formula is C31H59N3O3. The first-order valence-electron chi connectivity index (χ1n) is 16.0. The number of carbonyl (C=O) groups excluding carboxylic acids is 2. The van der Waals surface area contributed by atoms with Crippen LogP contribution in [0.5, 0.6) is 0 Å². The Kier molecular flexibility index (Phi) is 17.8. The van der Waals surface area contributed by atoms with E-state index < -0.39 is 0 Å². The summed E-state index contributed by atoms with van der Waals surface area (Å²) in [4.78, 5) is 31.4. The van der Waals surface area contributed by atoms with Crippen LogP contribution in [-0.4, -0.2) is 79.1 Å². The summed E-state index contributed by atoms with van der Waals surface area (Å²) in [5, 5.41) is 0. The van der Waals surface area contributed by atoms with E-state index in [0.717, 1.165) is 58.4 Å².